The average Bonchev–Trinajstić information content (AvgIpc) is 2.93. The number of para-hydroxylation sites is 1. The number of aromatic nitrogens is 4. The van der Waals surface area contributed by atoms with E-state index >= 15 is 0 Å². The summed E-state index contributed by atoms with van der Waals surface area (Å²) < 4.78 is 0. The number of fused-ring (bicyclic) bond motifs is 1. The molecule has 0 fully saturated rings. The van der Waals surface area contributed by atoms with Gasteiger partial charge in [-0.2, -0.15) is 0 Å². The number of benzene rings is 1. The topological polar surface area (TPSA) is 66.5 Å². The Hall–Kier alpha value is -2.43. The molecule has 2 aromatic heterocycles. The lowest BCUT2D eigenvalue weighted by Gasteiger charge is -2.13. The Bertz CT molecular complexity index is 642. The van der Waals surface area contributed by atoms with Crippen molar-refractivity contribution in [2.75, 3.05) is 5.32 Å². The Kier molecular flexibility index (Phi) is 2.64. The lowest BCUT2D eigenvalue weighted by Crippen LogP contribution is -2.10. The monoisotopic (exact) mass is 239 g/mol. The van der Waals surface area contributed by atoms with Crippen molar-refractivity contribution in [1.29, 1.82) is 0 Å². The van der Waals surface area contributed by atoms with Gasteiger partial charge in [-0.3, -0.25) is 0 Å². The maximum Gasteiger partial charge on any atom is 0.137 e. The standard InChI is InChI=1S/C13H13N5/c1-9(12-14-6-7-15-12)18-13-10-4-2-3-5-11(10)16-8-17-13/h2-9H,1H3,(H,14,15)(H,16,17,18). The van der Waals surface area contributed by atoms with E-state index in [1.165, 1.54) is 0 Å². The van der Waals surface area contributed by atoms with Crippen LogP contribution < -0.4 is 5.32 Å². The first-order chi connectivity index (χ1) is 8.84. The average molecular weight is 239 g/mol. The van der Waals surface area contributed by atoms with E-state index in [4.69, 9.17) is 0 Å². The fourth-order valence-corrected chi connectivity index (χ4v) is 1.91. The van der Waals surface area contributed by atoms with Crippen molar-refractivity contribution in [3.63, 3.8) is 0 Å². The van der Waals surface area contributed by atoms with E-state index in [0.717, 1.165) is 22.5 Å². The molecule has 2 N–H and O–H groups in total. The van der Waals surface area contributed by atoms with E-state index in [0.29, 0.717) is 0 Å². The smallest absolute Gasteiger partial charge is 0.137 e. The van der Waals surface area contributed by atoms with Gasteiger partial charge in [-0.05, 0) is 19.1 Å². The molecule has 0 radical (unpaired) electrons. The second-order valence-corrected chi connectivity index (χ2v) is 4.08. The summed E-state index contributed by atoms with van der Waals surface area (Å²) in [5.74, 6) is 1.71. The fourth-order valence-electron chi connectivity index (χ4n) is 1.91. The Morgan fingerprint density at radius 3 is 2.89 bits per heavy atom. The molecule has 0 saturated heterocycles. The van der Waals surface area contributed by atoms with E-state index in [9.17, 15) is 0 Å². The van der Waals surface area contributed by atoms with Crippen LogP contribution in [-0.4, -0.2) is 19.9 Å². The molecule has 5 heteroatoms. The van der Waals surface area contributed by atoms with Crippen molar-refractivity contribution >= 4 is 16.7 Å². The van der Waals surface area contributed by atoms with Gasteiger partial charge in [0.1, 0.15) is 18.0 Å². The number of hydrogen-bond acceptors (Lipinski definition) is 4. The summed E-state index contributed by atoms with van der Waals surface area (Å²) >= 11 is 0. The van der Waals surface area contributed by atoms with Gasteiger partial charge in [-0.25, -0.2) is 15.0 Å². The molecule has 1 aromatic carbocycles. The zero-order valence-electron chi connectivity index (χ0n) is 9.96. The third kappa shape index (κ3) is 1.90. The minimum absolute atomic E-state index is 0.0679. The van der Waals surface area contributed by atoms with E-state index in [-0.39, 0.29) is 6.04 Å². The number of rotatable bonds is 3. The molecule has 0 aliphatic heterocycles. The maximum absolute atomic E-state index is 4.29. The van der Waals surface area contributed by atoms with Gasteiger partial charge < -0.3 is 10.3 Å². The first kappa shape index (κ1) is 10.7. The Balaban J connectivity index is 1.95. The van der Waals surface area contributed by atoms with Crippen molar-refractivity contribution in [3.05, 3.63) is 48.8 Å². The molecule has 0 amide bonds. The minimum atomic E-state index is 0.0679. The molecule has 0 aliphatic carbocycles. The molecule has 1 unspecified atom stereocenters. The number of imidazole rings is 1. The fraction of sp³-hybridized carbons (Fsp3) is 0.154. The normalized spacial score (nSPS) is 12.5. The van der Waals surface area contributed by atoms with Crippen LogP contribution in [0.15, 0.2) is 43.0 Å². The number of H-pyrrole nitrogens is 1. The van der Waals surface area contributed by atoms with Crippen LogP contribution in [-0.2, 0) is 0 Å². The van der Waals surface area contributed by atoms with Crippen LogP contribution >= 0.6 is 0 Å². The van der Waals surface area contributed by atoms with Gasteiger partial charge in [-0.15, -0.1) is 0 Å². The number of anilines is 1. The Morgan fingerprint density at radius 1 is 1.17 bits per heavy atom. The van der Waals surface area contributed by atoms with Crippen molar-refractivity contribution in [3.8, 4) is 0 Å². The molecular formula is C13H13N5. The highest BCUT2D eigenvalue weighted by molar-refractivity contribution is 5.88. The van der Waals surface area contributed by atoms with Crippen LogP contribution in [0.3, 0.4) is 0 Å². The van der Waals surface area contributed by atoms with Gasteiger partial charge in [0.25, 0.3) is 0 Å². The Labute approximate surface area is 104 Å². The molecule has 0 spiro atoms. The summed E-state index contributed by atoms with van der Waals surface area (Å²) in [7, 11) is 0. The summed E-state index contributed by atoms with van der Waals surface area (Å²) in [5, 5.41) is 4.35. The highest BCUT2D eigenvalue weighted by atomic mass is 15.1. The number of hydrogen-bond donors (Lipinski definition) is 2. The van der Waals surface area contributed by atoms with Gasteiger partial charge in [0.15, 0.2) is 0 Å². The third-order valence-electron chi connectivity index (χ3n) is 2.83. The quantitative estimate of drug-likeness (QED) is 0.737. The van der Waals surface area contributed by atoms with Crippen LogP contribution in [0.1, 0.15) is 18.8 Å². The molecule has 18 heavy (non-hydrogen) atoms. The molecule has 5 nitrogen and oxygen atoms in total. The third-order valence-corrected chi connectivity index (χ3v) is 2.83. The molecule has 0 aliphatic rings. The van der Waals surface area contributed by atoms with Gasteiger partial charge in [0, 0.05) is 17.8 Å². The van der Waals surface area contributed by atoms with E-state index in [1.807, 2.05) is 37.4 Å². The zero-order chi connectivity index (χ0) is 12.4. The number of nitrogens with zero attached hydrogens (tertiary/aromatic N) is 3. The van der Waals surface area contributed by atoms with Crippen molar-refractivity contribution in [2.24, 2.45) is 0 Å². The van der Waals surface area contributed by atoms with Crippen LogP contribution in [0.2, 0.25) is 0 Å². The van der Waals surface area contributed by atoms with Crippen LogP contribution in [0.5, 0.6) is 0 Å². The van der Waals surface area contributed by atoms with Crippen LogP contribution in [0, 0.1) is 0 Å². The van der Waals surface area contributed by atoms with Crippen molar-refractivity contribution in [2.45, 2.75) is 13.0 Å². The second kappa shape index (κ2) is 4.44. The lowest BCUT2D eigenvalue weighted by molar-refractivity contribution is 0.805. The molecule has 90 valence electrons. The molecule has 3 rings (SSSR count). The van der Waals surface area contributed by atoms with Gasteiger partial charge in [-0.1, -0.05) is 12.1 Å². The Morgan fingerprint density at radius 2 is 2.06 bits per heavy atom. The molecule has 0 bridgehead atoms. The molecule has 3 aromatic rings. The molecule has 1 atom stereocenters. The van der Waals surface area contributed by atoms with E-state index in [1.54, 1.807) is 12.5 Å². The van der Waals surface area contributed by atoms with Crippen LogP contribution in [0.25, 0.3) is 10.9 Å². The first-order valence-corrected chi connectivity index (χ1v) is 5.80. The maximum atomic E-state index is 4.29. The molecule has 0 saturated carbocycles. The number of aromatic amines is 1. The number of nitrogens with one attached hydrogen (secondary N) is 2. The summed E-state index contributed by atoms with van der Waals surface area (Å²) in [5.41, 5.74) is 0.932. The predicted octanol–water partition coefficient (Wildman–Crippen LogP) is 2.53. The molecule has 2 heterocycles. The second-order valence-electron chi connectivity index (χ2n) is 4.08. The largest absolute Gasteiger partial charge is 0.360 e. The minimum Gasteiger partial charge on any atom is -0.360 e. The summed E-state index contributed by atoms with van der Waals surface area (Å²) in [6, 6.07) is 7.99. The lowest BCUT2D eigenvalue weighted by atomic mass is 10.2. The zero-order valence-corrected chi connectivity index (χ0v) is 9.96. The molecular weight excluding hydrogens is 226 g/mol. The van der Waals surface area contributed by atoms with Gasteiger partial charge >= 0.3 is 0 Å². The van der Waals surface area contributed by atoms with Gasteiger partial charge in [0.2, 0.25) is 0 Å². The van der Waals surface area contributed by atoms with E-state index < -0.39 is 0 Å². The highest BCUT2D eigenvalue weighted by Gasteiger charge is 2.10. The van der Waals surface area contributed by atoms with E-state index in [2.05, 4.69) is 25.3 Å². The van der Waals surface area contributed by atoms with Crippen molar-refractivity contribution < 1.29 is 0 Å². The SMILES string of the molecule is CC(Nc1ncnc2ccccc12)c1ncc[nH]1. The summed E-state index contributed by atoms with van der Waals surface area (Å²) in [4.78, 5) is 15.8. The summed E-state index contributed by atoms with van der Waals surface area (Å²) in [6.45, 7) is 2.04. The highest BCUT2D eigenvalue weighted by Crippen LogP contribution is 2.22. The predicted molar refractivity (Wildman–Crippen MR) is 70.2 cm³/mol. The van der Waals surface area contributed by atoms with Crippen LogP contribution in [0.4, 0.5) is 5.82 Å². The first-order valence-electron chi connectivity index (χ1n) is 5.80. The van der Waals surface area contributed by atoms with Crippen molar-refractivity contribution in [1.82, 2.24) is 19.9 Å². The summed E-state index contributed by atoms with van der Waals surface area (Å²) in [6.07, 6.45) is 5.12. The van der Waals surface area contributed by atoms with Gasteiger partial charge in [0.05, 0.1) is 11.6 Å².